The van der Waals surface area contributed by atoms with Crippen molar-refractivity contribution in [1.29, 1.82) is 0 Å². The topological polar surface area (TPSA) is 69.5 Å². The van der Waals surface area contributed by atoms with Gasteiger partial charge in [0.2, 0.25) is 0 Å². The van der Waals surface area contributed by atoms with E-state index in [2.05, 4.69) is 20.7 Å². The minimum absolute atomic E-state index is 0.444. The summed E-state index contributed by atoms with van der Waals surface area (Å²) in [5.74, 6) is 0.343. The van der Waals surface area contributed by atoms with Crippen LogP contribution < -0.4 is 4.74 Å². The Balaban J connectivity index is 1.83. The summed E-state index contributed by atoms with van der Waals surface area (Å²) in [6, 6.07) is 20.2. The number of aliphatic imine (C=N–C) groups is 2. The fourth-order valence-corrected chi connectivity index (χ4v) is 2.43. The van der Waals surface area contributed by atoms with Gasteiger partial charge in [-0.2, -0.15) is 4.99 Å². The predicted octanol–water partition coefficient (Wildman–Crippen LogP) is 4.42. The molecule has 2 aromatic rings. The third kappa shape index (κ3) is 9.02. The molecule has 0 radical (unpaired) electrons. The normalized spacial score (nSPS) is 10.8. The molecule has 0 atom stereocenters. The fraction of sp³-hybridized carbons (Fsp3) is 0.304. The number of carbonyl (C=O) groups is 1. The molecule has 0 fully saturated rings. The average molecular weight is 394 g/mol. The van der Waals surface area contributed by atoms with E-state index >= 15 is 0 Å². The molecule has 152 valence electrons. The monoisotopic (exact) mass is 394 g/mol. The van der Waals surface area contributed by atoms with Crippen LogP contribution in [0, 0.1) is 0 Å². The highest BCUT2D eigenvalue weighted by atomic mass is 16.5. The molecule has 0 aliphatic heterocycles. The lowest BCUT2D eigenvalue weighted by atomic mass is 10.2. The molecule has 0 aliphatic carbocycles. The highest BCUT2D eigenvalue weighted by Gasteiger charge is 2.01. The summed E-state index contributed by atoms with van der Waals surface area (Å²) < 4.78 is 15.5. The van der Waals surface area contributed by atoms with Crippen molar-refractivity contribution in [3.63, 3.8) is 0 Å². The van der Waals surface area contributed by atoms with E-state index in [-0.39, 0.29) is 0 Å². The lowest BCUT2D eigenvalue weighted by Gasteiger charge is -2.04. The number of benzene rings is 2. The number of ether oxygens (including phenoxy) is 3. The summed E-state index contributed by atoms with van der Waals surface area (Å²) in [6.45, 7) is 1.56. The summed E-state index contributed by atoms with van der Waals surface area (Å²) in [7, 11) is 2.96. The summed E-state index contributed by atoms with van der Waals surface area (Å²) in [4.78, 5) is 19.9. The molecule has 0 saturated heterocycles. The Hall–Kier alpha value is -3.21. The van der Waals surface area contributed by atoms with Crippen LogP contribution in [0.15, 0.2) is 76.4 Å². The number of nitrogens with zero attached hydrogens (tertiary/aromatic N) is 2. The van der Waals surface area contributed by atoms with E-state index in [1.807, 2.05) is 54.6 Å². The second-order valence-corrected chi connectivity index (χ2v) is 6.18. The minimum atomic E-state index is -0.453. The number of allylic oxidation sites excluding steroid dienone is 1. The summed E-state index contributed by atoms with van der Waals surface area (Å²) in [5.41, 5.74) is 2.70. The molecule has 0 unspecified atom stereocenters. The van der Waals surface area contributed by atoms with Crippen LogP contribution in [0.2, 0.25) is 0 Å². The van der Waals surface area contributed by atoms with E-state index in [0.29, 0.717) is 31.9 Å². The zero-order valence-electron chi connectivity index (χ0n) is 16.8. The SMILES string of the molecule is COC(=O)/C=C(\CCCOCc1ccccc1)N=C=NCc1ccc(OC)cc1. The molecule has 0 aliphatic rings. The van der Waals surface area contributed by atoms with Gasteiger partial charge in [0.15, 0.2) is 0 Å². The molecule has 0 N–H and O–H groups in total. The molecule has 6 nitrogen and oxygen atoms in total. The maximum atomic E-state index is 11.6. The van der Waals surface area contributed by atoms with Crippen LogP contribution in [-0.4, -0.2) is 32.8 Å². The van der Waals surface area contributed by atoms with Crippen molar-refractivity contribution in [3.8, 4) is 5.75 Å². The first-order chi connectivity index (χ1) is 14.2. The van der Waals surface area contributed by atoms with Gasteiger partial charge in [-0.3, -0.25) is 0 Å². The van der Waals surface area contributed by atoms with Gasteiger partial charge < -0.3 is 14.2 Å². The van der Waals surface area contributed by atoms with Crippen LogP contribution in [0.5, 0.6) is 5.75 Å². The van der Waals surface area contributed by atoms with Crippen LogP contribution in [0.1, 0.15) is 24.0 Å². The minimum Gasteiger partial charge on any atom is -0.497 e. The van der Waals surface area contributed by atoms with Gasteiger partial charge in [0.1, 0.15) is 5.75 Å². The standard InChI is InChI=1S/C23H26N2O4/c1-27-22-12-10-19(11-13-22)16-24-18-25-21(15-23(26)28-2)9-6-14-29-17-20-7-4-3-5-8-20/h3-5,7-8,10-13,15H,6,9,14,16-17H2,1-2H3/b21-15+. The van der Waals surface area contributed by atoms with Gasteiger partial charge in [0, 0.05) is 12.7 Å². The van der Waals surface area contributed by atoms with Gasteiger partial charge >= 0.3 is 5.97 Å². The van der Waals surface area contributed by atoms with Crippen LogP contribution in [-0.2, 0) is 27.4 Å². The highest BCUT2D eigenvalue weighted by molar-refractivity contribution is 5.82. The summed E-state index contributed by atoms with van der Waals surface area (Å²) in [6.07, 6.45) is 2.64. The zero-order valence-corrected chi connectivity index (χ0v) is 16.8. The molecule has 29 heavy (non-hydrogen) atoms. The van der Waals surface area contributed by atoms with Crippen molar-refractivity contribution in [1.82, 2.24) is 0 Å². The third-order valence-corrected chi connectivity index (χ3v) is 4.00. The van der Waals surface area contributed by atoms with Crippen molar-refractivity contribution in [3.05, 3.63) is 77.5 Å². The molecule has 0 saturated carbocycles. The van der Waals surface area contributed by atoms with E-state index in [0.717, 1.165) is 23.3 Å². The van der Waals surface area contributed by atoms with Crippen molar-refractivity contribution in [2.45, 2.75) is 26.0 Å². The Kier molecular flexibility index (Phi) is 9.94. The first-order valence-electron chi connectivity index (χ1n) is 9.36. The maximum absolute atomic E-state index is 11.6. The second-order valence-electron chi connectivity index (χ2n) is 6.18. The average Bonchev–Trinajstić information content (AvgIpc) is 2.77. The first kappa shape index (κ1) is 22.1. The molecule has 0 aromatic heterocycles. The molecule has 2 aromatic carbocycles. The molecule has 6 heteroatoms. The molecule has 2 rings (SSSR count). The van der Waals surface area contributed by atoms with E-state index in [9.17, 15) is 4.79 Å². The van der Waals surface area contributed by atoms with Gasteiger partial charge in [-0.1, -0.05) is 42.5 Å². The lowest BCUT2D eigenvalue weighted by molar-refractivity contribution is -0.134. The number of hydrogen-bond acceptors (Lipinski definition) is 6. The Morgan fingerprint density at radius 1 is 1.03 bits per heavy atom. The molecular weight excluding hydrogens is 368 g/mol. The molecule has 0 bridgehead atoms. The molecule has 0 spiro atoms. The van der Waals surface area contributed by atoms with Crippen LogP contribution >= 0.6 is 0 Å². The van der Waals surface area contributed by atoms with E-state index < -0.39 is 5.97 Å². The largest absolute Gasteiger partial charge is 0.497 e. The summed E-state index contributed by atoms with van der Waals surface area (Å²) in [5, 5.41) is 0. The number of esters is 1. The number of carbonyl (C=O) groups excluding carboxylic acids is 1. The van der Waals surface area contributed by atoms with E-state index in [1.165, 1.54) is 13.2 Å². The van der Waals surface area contributed by atoms with Gasteiger partial charge in [0.05, 0.1) is 39.1 Å². The van der Waals surface area contributed by atoms with Crippen molar-refractivity contribution >= 4 is 12.0 Å². The highest BCUT2D eigenvalue weighted by Crippen LogP contribution is 2.12. The Morgan fingerprint density at radius 2 is 1.79 bits per heavy atom. The van der Waals surface area contributed by atoms with Crippen molar-refractivity contribution in [2.75, 3.05) is 20.8 Å². The van der Waals surface area contributed by atoms with Gasteiger partial charge in [0.25, 0.3) is 0 Å². The smallest absolute Gasteiger partial charge is 0.332 e. The third-order valence-electron chi connectivity index (χ3n) is 4.00. The molecule has 0 amide bonds. The Morgan fingerprint density at radius 3 is 2.48 bits per heavy atom. The van der Waals surface area contributed by atoms with E-state index in [1.54, 1.807) is 7.11 Å². The van der Waals surface area contributed by atoms with Gasteiger partial charge in [-0.05, 0) is 36.1 Å². The van der Waals surface area contributed by atoms with Crippen LogP contribution in [0.25, 0.3) is 0 Å². The summed E-state index contributed by atoms with van der Waals surface area (Å²) >= 11 is 0. The fourth-order valence-electron chi connectivity index (χ4n) is 2.43. The van der Waals surface area contributed by atoms with Gasteiger partial charge in [-0.25, -0.2) is 9.79 Å². The van der Waals surface area contributed by atoms with Crippen LogP contribution in [0.3, 0.4) is 0 Å². The first-order valence-corrected chi connectivity index (χ1v) is 9.36. The molecule has 0 heterocycles. The van der Waals surface area contributed by atoms with E-state index in [4.69, 9.17) is 9.47 Å². The number of hydrogen-bond donors (Lipinski definition) is 0. The van der Waals surface area contributed by atoms with Crippen molar-refractivity contribution < 1.29 is 19.0 Å². The lowest BCUT2D eigenvalue weighted by Crippen LogP contribution is -1.99. The predicted molar refractivity (Wildman–Crippen MR) is 112 cm³/mol. The second kappa shape index (κ2) is 13.0. The van der Waals surface area contributed by atoms with Crippen molar-refractivity contribution in [2.24, 2.45) is 9.98 Å². The quantitative estimate of drug-likeness (QED) is 0.245. The van der Waals surface area contributed by atoms with Crippen LogP contribution in [0.4, 0.5) is 0 Å². The number of rotatable bonds is 11. The van der Waals surface area contributed by atoms with Gasteiger partial charge in [-0.15, -0.1) is 0 Å². The zero-order chi connectivity index (χ0) is 20.7. The Bertz CT molecular complexity index is 839. The number of methoxy groups -OCH3 is 2. The maximum Gasteiger partial charge on any atom is 0.332 e. The Labute approximate surface area is 171 Å². The molecular formula is C23H26N2O4.